The van der Waals surface area contributed by atoms with Crippen LogP contribution in [0.4, 0.5) is 8.78 Å². The van der Waals surface area contributed by atoms with Gasteiger partial charge in [-0.25, -0.2) is 20.9 Å². The fourth-order valence-corrected chi connectivity index (χ4v) is 0.460. The van der Waals surface area contributed by atoms with Gasteiger partial charge in [-0.2, -0.15) is 6.07 Å². The van der Waals surface area contributed by atoms with E-state index in [1.54, 1.807) is 0 Å². The molecular weight excluding hydrogens is 131 g/mol. The topological polar surface area (TPSA) is 12.9 Å². The number of hydrogen-bond acceptors (Lipinski definition) is 1. The summed E-state index contributed by atoms with van der Waals surface area (Å²) in [7, 11) is 0. The zero-order valence-electron chi connectivity index (χ0n) is 5.51. The molecule has 0 N–H and O–H groups in total. The van der Waals surface area contributed by atoms with Gasteiger partial charge in [-0.05, 0) is 0 Å². The Hall–Kier alpha value is -0.393. The third kappa shape index (κ3) is 2.47. The van der Waals surface area contributed by atoms with Gasteiger partial charge in [0.05, 0.1) is 0 Å². The van der Waals surface area contributed by atoms with Crippen LogP contribution in [0.3, 0.4) is 0 Å². The maximum absolute atomic E-state index is 11.7. The van der Waals surface area contributed by atoms with Crippen LogP contribution >= 0.6 is 0 Å². The second kappa shape index (κ2) is 4.43. The first-order chi connectivity index (χ1) is 4.30. The summed E-state index contributed by atoms with van der Waals surface area (Å²) in [5.41, 5.74) is -0.200. The normalized spacial score (nSPS) is 9.10. The number of pyridine rings is 1. The van der Waals surface area contributed by atoms with Gasteiger partial charge in [-0.15, -0.1) is 0 Å². The number of rotatable bonds is 1. The molecule has 0 bridgehead atoms. The number of alkyl halides is 2. The summed E-state index contributed by atoms with van der Waals surface area (Å²) >= 11 is 0. The van der Waals surface area contributed by atoms with Crippen molar-refractivity contribution >= 4 is 0 Å². The maximum atomic E-state index is 11.7. The smallest absolute Gasteiger partial charge is 0.295 e. The summed E-state index contributed by atoms with van der Waals surface area (Å²) in [6.07, 6.45) is -1.25. The Kier molecular flexibility index (Phi) is 4.25. The molecule has 0 amide bonds. The van der Waals surface area contributed by atoms with E-state index < -0.39 is 6.43 Å². The summed E-state index contributed by atoms with van der Waals surface area (Å²) in [6, 6.07) is 5.20. The van der Waals surface area contributed by atoms with E-state index in [1.165, 1.54) is 18.3 Å². The minimum atomic E-state index is -2.47. The molecule has 0 unspecified atom stereocenters. The van der Waals surface area contributed by atoms with Crippen LogP contribution < -0.4 is 18.9 Å². The van der Waals surface area contributed by atoms with Crippen LogP contribution in [0.25, 0.3) is 0 Å². The predicted molar refractivity (Wildman–Crippen MR) is 28.0 cm³/mol. The molecule has 0 radical (unpaired) electrons. The predicted octanol–water partition coefficient (Wildman–Crippen LogP) is -1.18. The zero-order valence-corrected chi connectivity index (χ0v) is 5.51. The number of halogens is 2. The Labute approximate surface area is 69.6 Å². The van der Waals surface area contributed by atoms with Crippen molar-refractivity contribution < 1.29 is 27.6 Å². The minimum absolute atomic E-state index is 0. The Morgan fingerprint density at radius 2 is 2.20 bits per heavy atom. The van der Waals surface area contributed by atoms with Crippen LogP contribution in [0.1, 0.15) is 12.1 Å². The monoisotopic (exact) mass is 135 g/mol. The van der Waals surface area contributed by atoms with E-state index in [2.05, 4.69) is 11.1 Å². The summed E-state index contributed by atoms with van der Waals surface area (Å²) in [5.74, 6) is 0. The maximum Gasteiger partial charge on any atom is 1.00 e. The van der Waals surface area contributed by atoms with Crippen molar-refractivity contribution in [1.29, 1.82) is 0 Å². The molecule has 4 heteroatoms. The molecule has 0 aliphatic heterocycles. The molecule has 1 heterocycles. The van der Waals surface area contributed by atoms with Crippen LogP contribution in [-0.2, 0) is 0 Å². The van der Waals surface area contributed by atoms with Crippen LogP contribution in [0.5, 0.6) is 0 Å². The molecule has 0 aliphatic rings. The van der Waals surface area contributed by atoms with E-state index in [0.29, 0.717) is 0 Å². The largest absolute Gasteiger partial charge is 1.00 e. The van der Waals surface area contributed by atoms with Gasteiger partial charge in [0, 0.05) is 5.69 Å². The van der Waals surface area contributed by atoms with E-state index in [0.717, 1.165) is 0 Å². The van der Waals surface area contributed by atoms with Gasteiger partial charge in [0.2, 0.25) is 0 Å². The van der Waals surface area contributed by atoms with Crippen LogP contribution in [-0.4, -0.2) is 4.98 Å². The fourth-order valence-electron chi connectivity index (χ4n) is 0.460. The second-order valence-electron chi connectivity index (χ2n) is 1.48. The molecule has 0 spiro atoms. The van der Waals surface area contributed by atoms with Gasteiger partial charge in [-0.3, -0.25) is 4.98 Å². The van der Waals surface area contributed by atoms with Gasteiger partial charge in [0.15, 0.2) is 0 Å². The van der Waals surface area contributed by atoms with Gasteiger partial charge < -0.3 is 0 Å². The van der Waals surface area contributed by atoms with E-state index in [4.69, 9.17) is 0 Å². The summed E-state index contributed by atoms with van der Waals surface area (Å²) in [6.45, 7) is 0. The third-order valence-electron chi connectivity index (χ3n) is 0.862. The Morgan fingerprint density at radius 3 is 2.50 bits per heavy atom. The Morgan fingerprint density at radius 1 is 1.50 bits per heavy atom. The van der Waals surface area contributed by atoms with E-state index >= 15 is 0 Å². The molecule has 0 atom stereocenters. The average Bonchev–Trinajstić information content (AvgIpc) is 1.90. The van der Waals surface area contributed by atoms with Crippen molar-refractivity contribution in [3.63, 3.8) is 0 Å². The quantitative estimate of drug-likeness (QED) is 0.349. The first-order valence-corrected chi connectivity index (χ1v) is 2.41. The Bertz CT molecular complexity index is 178. The van der Waals surface area contributed by atoms with Crippen molar-refractivity contribution in [1.82, 2.24) is 4.98 Å². The second-order valence-corrected chi connectivity index (χ2v) is 1.48. The molecule has 1 nitrogen and oxygen atoms in total. The van der Waals surface area contributed by atoms with E-state index in [9.17, 15) is 8.78 Å². The van der Waals surface area contributed by atoms with Crippen molar-refractivity contribution in [3.05, 3.63) is 30.1 Å². The molecule has 0 aromatic carbocycles. The standard InChI is InChI=1S/C6H4F2N.Li/c7-6(8)5-3-1-2-4-9-5;/h1,3-4,6H;/q-1;+1. The molecule has 0 saturated heterocycles. The molecule has 1 rings (SSSR count). The van der Waals surface area contributed by atoms with Crippen molar-refractivity contribution in [2.45, 2.75) is 6.43 Å². The molecule has 1 aromatic heterocycles. The molecule has 0 aliphatic carbocycles. The number of nitrogens with zero attached hydrogens (tertiary/aromatic N) is 1. The van der Waals surface area contributed by atoms with Crippen LogP contribution in [0.2, 0.25) is 0 Å². The zero-order chi connectivity index (χ0) is 6.69. The fraction of sp³-hybridized carbons (Fsp3) is 0.167. The molecule has 0 saturated carbocycles. The summed E-state index contributed by atoms with van der Waals surface area (Å²) in [4.78, 5) is 3.37. The SMILES string of the molecule is FC(F)c1cc[c-]cn1.[Li+]. The van der Waals surface area contributed by atoms with Crippen molar-refractivity contribution in [3.8, 4) is 0 Å². The number of aromatic nitrogens is 1. The van der Waals surface area contributed by atoms with Gasteiger partial charge in [-0.1, -0.05) is 6.20 Å². The Balaban J connectivity index is 0.000000810. The number of hydrogen-bond donors (Lipinski definition) is 0. The van der Waals surface area contributed by atoms with Gasteiger partial charge in [0.25, 0.3) is 6.43 Å². The minimum Gasteiger partial charge on any atom is -0.295 e. The summed E-state index contributed by atoms with van der Waals surface area (Å²) in [5, 5.41) is 0. The van der Waals surface area contributed by atoms with Gasteiger partial charge in [0.1, 0.15) is 0 Å². The van der Waals surface area contributed by atoms with Gasteiger partial charge >= 0.3 is 18.9 Å². The van der Waals surface area contributed by atoms with Crippen LogP contribution in [0, 0.1) is 6.07 Å². The first kappa shape index (κ1) is 9.61. The average molecular weight is 135 g/mol. The van der Waals surface area contributed by atoms with Crippen molar-refractivity contribution in [2.24, 2.45) is 0 Å². The van der Waals surface area contributed by atoms with E-state index in [1.807, 2.05) is 0 Å². The summed E-state index contributed by atoms with van der Waals surface area (Å²) < 4.78 is 23.4. The van der Waals surface area contributed by atoms with E-state index in [-0.39, 0.29) is 24.6 Å². The first-order valence-electron chi connectivity index (χ1n) is 2.41. The molecular formula is C6H4F2LiN. The molecule has 0 fully saturated rings. The molecule has 48 valence electrons. The molecule has 1 aromatic rings. The van der Waals surface area contributed by atoms with Crippen LogP contribution in [0.15, 0.2) is 18.3 Å². The molecule has 10 heavy (non-hydrogen) atoms. The third-order valence-corrected chi connectivity index (χ3v) is 0.862. The van der Waals surface area contributed by atoms with Crippen molar-refractivity contribution in [2.75, 3.05) is 0 Å².